The number of rotatable bonds is 7. The van der Waals surface area contributed by atoms with Gasteiger partial charge in [-0.05, 0) is 39.0 Å². The Labute approximate surface area is 103 Å². The van der Waals surface area contributed by atoms with Gasteiger partial charge in [-0.25, -0.2) is 0 Å². The largest absolute Gasteiger partial charge is 0.376 e. The summed E-state index contributed by atoms with van der Waals surface area (Å²) in [7, 11) is 0. The molecule has 0 bridgehead atoms. The van der Waals surface area contributed by atoms with E-state index >= 15 is 0 Å². The highest BCUT2D eigenvalue weighted by atomic mass is 16.5. The molecule has 0 aliphatic carbocycles. The van der Waals surface area contributed by atoms with E-state index in [4.69, 9.17) is 4.74 Å². The van der Waals surface area contributed by atoms with E-state index in [0.717, 1.165) is 6.61 Å². The number of hydrogen-bond acceptors (Lipinski definition) is 1. The molecule has 1 heteroatoms. The molecule has 0 amide bonds. The lowest BCUT2D eigenvalue weighted by Gasteiger charge is -2.19. The van der Waals surface area contributed by atoms with Gasteiger partial charge in [0.05, 0.1) is 5.60 Å². The van der Waals surface area contributed by atoms with E-state index in [1.807, 2.05) is 0 Å². The topological polar surface area (TPSA) is 9.23 Å². The lowest BCUT2D eigenvalue weighted by atomic mass is 9.89. The lowest BCUT2D eigenvalue weighted by molar-refractivity contribution is -0.00476. The second-order valence-electron chi connectivity index (χ2n) is 7.04. The predicted octanol–water partition coefficient (Wildman–Crippen LogP) is 5.19. The Balaban J connectivity index is 3.17. The summed E-state index contributed by atoms with van der Waals surface area (Å²) >= 11 is 0. The van der Waals surface area contributed by atoms with Crippen LogP contribution in [-0.2, 0) is 4.74 Å². The van der Waals surface area contributed by atoms with Gasteiger partial charge in [0.15, 0.2) is 0 Å². The van der Waals surface area contributed by atoms with Crippen molar-refractivity contribution in [1.82, 2.24) is 0 Å². The van der Waals surface area contributed by atoms with Crippen LogP contribution >= 0.6 is 0 Å². The minimum absolute atomic E-state index is 0.0340. The Hall–Kier alpha value is -0.0400. The van der Waals surface area contributed by atoms with Gasteiger partial charge < -0.3 is 4.74 Å². The SMILES string of the molecule is CC(C)(C)CCCCCCCOC(C)(C)C. The smallest absolute Gasteiger partial charge is 0.0598 e. The normalized spacial score (nSPS) is 13.1. The Morgan fingerprint density at radius 3 is 1.69 bits per heavy atom. The molecule has 98 valence electrons. The second kappa shape index (κ2) is 7.32. The first-order chi connectivity index (χ1) is 7.21. The summed E-state index contributed by atoms with van der Waals surface area (Å²) in [5.41, 5.74) is 0.543. The van der Waals surface area contributed by atoms with Gasteiger partial charge in [0, 0.05) is 6.61 Å². The summed E-state index contributed by atoms with van der Waals surface area (Å²) in [6, 6.07) is 0. The Morgan fingerprint density at radius 2 is 1.19 bits per heavy atom. The maximum absolute atomic E-state index is 5.69. The predicted molar refractivity (Wildman–Crippen MR) is 72.9 cm³/mol. The molecule has 0 unspecified atom stereocenters. The highest BCUT2D eigenvalue weighted by Crippen LogP contribution is 2.22. The van der Waals surface area contributed by atoms with Gasteiger partial charge in [-0.3, -0.25) is 0 Å². The molecule has 0 aromatic carbocycles. The molecule has 0 aliphatic heterocycles. The van der Waals surface area contributed by atoms with E-state index in [2.05, 4.69) is 41.5 Å². The summed E-state index contributed by atoms with van der Waals surface area (Å²) in [5.74, 6) is 0. The fraction of sp³-hybridized carbons (Fsp3) is 1.00. The molecule has 0 saturated heterocycles. The molecule has 0 N–H and O–H groups in total. The van der Waals surface area contributed by atoms with Crippen molar-refractivity contribution in [1.29, 1.82) is 0 Å². The van der Waals surface area contributed by atoms with Crippen LogP contribution in [0.15, 0.2) is 0 Å². The van der Waals surface area contributed by atoms with Crippen molar-refractivity contribution in [2.75, 3.05) is 6.61 Å². The molecule has 0 aromatic heterocycles. The third-order valence-electron chi connectivity index (χ3n) is 2.61. The van der Waals surface area contributed by atoms with E-state index in [9.17, 15) is 0 Å². The molecule has 0 spiro atoms. The third kappa shape index (κ3) is 14.0. The van der Waals surface area contributed by atoms with Gasteiger partial charge in [0.2, 0.25) is 0 Å². The highest BCUT2D eigenvalue weighted by Gasteiger charge is 2.09. The molecule has 0 radical (unpaired) electrons. The first-order valence-corrected chi connectivity index (χ1v) is 6.85. The summed E-state index contributed by atoms with van der Waals surface area (Å²) in [5, 5.41) is 0. The maximum atomic E-state index is 5.69. The van der Waals surface area contributed by atoms with Gasteiger partial charge in [-0.2, -0.15) is 0 Å². The van der Waals surface area contributed by atoms with Crippen molar-refractivity contribution in [2.24, 2.45) is 5.41 Å². The fourth-order valence-corrected chi connectivity index (χ4v) is 1.67. The minimum Gasteiger partial charge on any atom is -0.376 e. The van der Waals surface area contributed by atoms with Crippen molar-refractivity contribution in [3.8, 4) is 0 Å². The van der Waals surface area contributed by atoms with Gasteiger partial charge >= 0.3 is 0 Å². The van der Waals surface area contributed by atoms with Crippen molar-refractivity contribution in [3.05, 3.63) is 0 Å². The average molecular weight is 228 g/mol. The van der Waals surface area contributed by atoms with Gasteiger partial charge in [-0.1, -0.05) is 46.5 Å². The van der Waals surface area contributed by atoms with Crippen molar-refractivity contribution in [3.63, 3.8) is 0 Å². The minimum atomic E-state index is 0.0340. The summed E-state index contributed by atoms with van der Waals surface area (Å²) < 4.78 is 5.69. The lowest BCUT2D eigenvalue weighted by Crippen LogP contribution is -2.19. The molecule has 0 saturated carbocycles. The molecule has 1 nitrogen and oxygen atoms in total. The van der Waals surface area contributed by atoms with Crippen LogP contribution in [0.3, 0.4) is 0 Å². The molecule has 0 aromatic rings. The maximum Gasteiger partial charge on any atom is 0.0598 e. The molecular formula is C15H32O. The van der Waals surface area contributed by atoms with E-state index in [1.165, 1.54) is 38.5 Å². The van der Waals surface area contributed by atoms with E-state index < -0.39 is 0 Å². The standard InChI is InChI=1S/C15H32O/c1-14(2,3)12-10-8-7-9-11-13-16-15(4,5)6/h7-13H2,1-6H3. The van der Waals surface area contributed by atoms with Crippen LogP contribution in [-0.4, -0.2) is 12.2 Å². The van der Waals surface area contributed by atoms with Gasteiger partial charge in [0.1, 0.15) is 0 Å². The summed E-state index contributed by atoms with van der Waals surface area (Å²) in [6.45, 7) is 14.3. The third-order valence-corrected chi connectivity index (χ3v) is 2.61. The first-order valence-electron chi connectivity index (χ1n) is 6.85. The van der Waals surface area contributed by atoms with E-state index in [0.29, 0.717) is 5.41 Å². The summed E-state index contributed by atoms with van der Waals surface area (Å²) in [6.07, 6.45) is 8.01. The van der Waals surface area contributed by atoms with Crippen molar-refractivity contribution >= 4 is 0 Å². The van der Waals surface area contributed by atoms with Gasteiger partial charge in [0.25, 0.3) is 0 Å². The molecule has 0 heterocycles. The van der Waals surface area contributed by atoms with Crippen LogP contribution in [0.1, 0.15) is 80.1 Å². The van der Waals surface area contributed by atoms with Crippen LogP contribution in [0.5, 0.6) is 0 Å². The summed E-state index contributed by atoms with van der Waals surface area (Å²) in [4.78, 5) is 0. The average Bonchev–Trinajstić information content (AvgIpc) is 2.06. The Kier molecular flexibility index (Phi) is 7.30. The molecular weight excluding hydrogens is 196 g/mol. The van der Waals surface area contributed by atoms with Crippen LogP contribution in [0.4, 0.5) is 0 Å². The number of hydrogen-bond donors (Lipinski definition) is 0. The Bertz CT molecular complexity index is 139. The zero-order valence-corrected chi connectivity index (χ0v) is 12.4. The molecule has 0 atom stereocenters. The zero-order chi connectivity index (χ0) is 12.7. The molecule has 0 rings (SSSR count). The van der Waals surface area contributed by atoms with Crippen LogP contribution in [0, 0.1) is 5.41 Å². The van der Waals surface area contributed by atoms with Gasteiger partial charge in [-0.15, -0.1) is 0 Å². The van der Waals surface area contributed by atoms with E-state index in [-0.39, 0.29) is 5.60 Å². The van der Waals surface area contributed by atoms with Crippen LogP contribution in [0.2, 0.25) is 0 Å². The Morgan fingerprint density at radius 1 is 0.688 bits per heavy atom. The molecule has 0 fully saturated rings. The first kappa shape index (κ1) is 16.0. The highest BCUT2D eigenvalue weighted by molar-refractivity contribution is 4.61. The molecule has 16 heavy (non-hydrogen) atoms. The number of ether oxygens (including phenoxy) is 1. The molecule has 0 aliphatic rings. The van der Waals surface area contributed by atoms with E-state index in [1.54, 1.807) is 0 Å². The monoisotopic (exact) mass is 228 g/mol. The second-order valence-corrected chi connectivity index (χ2v) is 7.04. The van der Waals surface area contributed by atoms with Crippen LogP contribution < -0.4 is 0 Å². The van der Waals surface area contributed by atoms with Crippen molar-refractivity contribution < 1.29 is 4.74 Å². The number of unbranched alkanes of at least 4 members (excludes halogenated alkanes) is 4. The van der Waals surface area contributed by atoms with Crippen LogP contribution in [0.25, 0.3) is 0 Å². The fourth-order valence-electron chi connectivity index (χ4n) is 1.67. The quantitative estimate of drug-likeness (QED) is 0.545. The van der Waals surface area contributed by atoms with Crippen molar-refractivity contribution in [2.45, 2.75) is 85.7 Å². The zero-order valence-electron chi connectivity index (χ0n) is 12.4.